The van der Waals surface area contributed by atoms with Crippen molar-refractivity contribution in [3.8, 4) is 0 Å². The molecular formula is C16H12N2O3. The molecule has 0 unspecified atom stereocenters. The minimum atomic E-state index is -0.995. The second-order valence-corrected chi connectivity index (χ2v) is 4.62. The van der Waals surface area contributed by atoms with Crippen molar-refractivity contribution in [2.75, 3.05) is 5.32 Å². The summed E-state index contributed by atoms with van der Waals surface area (Å²) in [5.41, 5.74) is 2.16. The first kappa shape index (κ1) is 12.9. The number of aromatic amines is 1. The van der Waals surface area contributed by atoms with Crippen LogP contribution < -0.4 is 5.32 Å². The van der Waals surface area contributed by atoms with Crippen molar-refractivity contribution < 1.29 is 14.7 Å². The molecule has 104 valence electrons. The molecule has 0 aliphatic heterocycles. The summed E-state index contributed by atoms with van der Waals surface area (Å²) < 4.78 is 0. The quantitative estimate of drug-likeness (QED) is 0.689. The van der Waals surface area contributed by atoms with E-state index in [0.717, 1.165) is 10.9 Å². The second kappa shape index (κ2) is 5.13. The number of nitrogens with one attached hydrogen (secondary N) is 2. The average Bonchev–Trinajstić information content (AvgIpc) is 2.95. The van der Waals surface area contributed by atoms with E-state index >= 15 is 0 Å². The molecular weight excluding hydrogens is 268 g/mol. The number of carboxylic acid groups (broad SMARTS) is 1. The zero-order valence-electron chi connectivity index (χ0n) is 11.0. The molecule has 0 atom stereocenters. The number of anilines is 1. The molecule has 0 spiro atoms. The van der Waals surface area contributed by atoms with Gasteiger partial charge in [0.25, 0.3) is 5.91 Å². The molecule has 0 radical (unpaired) electrons. The van der Waals surface area contributed by atoms with Crippen molar-refractivity contribution in [1.29, 1.82) is 0 Å². The molecule has 1 heterocycles. The van der Waals surface area contributed by atoms with Crippen molar-refractivity contribution in [2.45, 2.75) is 0 Å². The highest BCUT2D eigenvalue weighted by Crippen LogP contribution is 2.16. The van der Waals surface area contributed by atoms with Gasteiger partial charge in [-0.15, -0.1) is 0 Å². The van der Waals surface area contributed by atoms with Crippen LogP contribution in [0.4, 0.5) is 5.69 Å². The zero-order chi connectivity index (χ0) is 14.8. The molecule has 1 amide bonds. The van der Waals surface area contributed by atoms with Crippen LogP contribution in [0.1, 0.15) is 20.7 Å². The summed E-state index contributed by atoms with van der Waals surface area (Å²) in [6.45, 7) is 0. The third-order valence-corrected chi connectivity index (χ3v) is 3.21. The Balaban J connectivity index is 1.80. The maximum absolute atomic E-state index is 12.2. The molecule has 3 rings (SSSR count). The molecule has 21 heavy (non-hydrogen) atoms. The maximum Gasteiger partial charge on any atom is 0.335 e. The summed E-state index contributed by atoms with van der Waals surface area (Å²) >= 11 is 0. The van der Waals surface area contributed by atoms with Gasteiger partial charge in [-0.25, -0.2) is 4.79 Å². The minimum absolute atomic E-state index is 0.181. The number of carboxylic acids is 1. The van der Waals surface area contributed by atoms with Gasteiger partial charge in [0.05, 0.1) is 5.56 Å². The van der Waals surface area contributed by atoms with E-state index in [1.165, 1.54) is 12.1 Å². The van der Waals surface area contributed by atoms with E-state index in [9.17, 15) is 9.59 Å². The number of benzene rings is 2. The van der Waals surface area contributed by atoms with Gasteiger partial charge < -0.3 is 15.4 Å². The summed E-state index contributed by atoms with van der Waals surface area (Å²) in [7, 11) is 0. The van der Waals surface area contributed by atoms with E-state index in [2.05, 4.69) is 10.3 Å². The van der Waals surface area contributed by atoms with Crippen LogP contribution in [0.15, 0.2) is 54.7 Å². The largest absolute Gasteiger partial charge is 0.478 e. The number of carbonyl (C=O) groups is 2. The normalized spacial score (nSPS) is 10.5. The Morgan fingerprint density at radius 3 is 2.38 bits per heavy atom. The van der Waals surface area contributed by atoms with Crippen LogP contribution in [0.2, 0.25) is 0 Å². The highest BCUT2D eigenvalue weighted by Gasteiger charge is 2.08. The molecule has 2 aromatic carbocycles. The first-order chi connectivity index (χ1) is 10.1. The summed E-state index contributed by atoms with van der Waals surface area (Å²) in [4.78, 5) is 26.0. The van der Waals surface area contributed by atoms with Crippen LogP contribution in [0.3, 0.4) is 0 Å². The maximum atomic E-state index is 12.2. The second-order valence-electron chi connectivity index (χ2n) is 4.62. The Morgan fingerprint density at radius 2 is 1.67 bits per heavy atom. The van der Waals surface area contributed by atoms with Gasteiger partial charge in [-0.05, 0) is 47.9 Å². The predicted molar refractivity (Wildman–Crippen MR) is 79.7 cm³/mol. The van der Waals surface area contributed by atoms with Gasteiger partial charge in [0.15, 0.2) is 0 Å². The Labute approximate surface area is 120 Å². The monoisotopic (exact) mass is 280 g/mol. The zero-order valence-corrected chi connectivity index (χ0v) is 11.0. The number of aromatic carboxylic acids is 1. The lowest BCUT2D eigenvalue weighted by molar-refractivity contribution is 0.0696. The van der Waals surface area contributed by atoms with E-state index in [-0.39, 0.29) is 11.5 Å². The van der Waals surface area contributed by atoms with Crippen LogP contribution in [0, 0.1) is 0 Å². The molecule has 0 fully saturated rings. The Kier molecular flexibility index (Phi) is 3.16. The van der Waals surface area contributed by atoms with Crippen LogP contribution in [0.5, 0.6) is 0 Å². The summed E-state index contributed by atoms with van der Waals surface area (Å²) in [5, 5.41) is 12.6. The molecule has 1 aromatic heterocycles. The van der Waals surface area contributed by atoms with Crippen molar-refractivity contribution in [2.24, 2.45) is 0 Å². The topological polar surface area (TPSA) is 82.2 Å². The van der Waals surface area contributed by atoms with Crippen LogP contribution >= 0.6 is 0 Å². The molecule has 3 N–H and O–H groups in total. The molecule has 0 aliphatic rings. The number of rotatable bonds is 3. The van der Waals surface area contributed by atoms with Gasteiger partial charge in [0.2, 0.25) is 0 Å². The van der Waals surface area contributed by atoms with Crippen molar-refractivity contribution >= 4 is 28.5 Å². The smallest absolute Gasteiger partial charge is 0.335 e. The SMILES string of the molecule is O=C(O)c1ccc(NC(=O)c2ccc3cc[nH]c3c2)cc1. The van der Waals surface area contributed by atoms with Gasteiger partial charge in [-0.1, -0.05) is 6.07 Å². The molecule has 5 nitrogen and oxygen atoms in total. The average molecular weight is 280 g/mol. The lowest BCUT2D eigenvalue weighted by Gasteiger charge is -2.06. The van der Waals surface area contributed by atoms with Crippen molar-refractivity contribution in [1.82, 2.24) is 4.98 Å². The van der Waals surface area contributed by atoms with Gasteiger partial charge in [0.1, 0.15) is 0 Å². The fraction of sp³-hybridized carbons (Fsp3) is 0. The van der Waals surface area contributed by atoms with Gasteiger partial charge >= 0.3 is 5.97 Å². The molecule has 0 saturated heterocycles. The van der Waals surface area contributed by atoms with E-state index < -0.39 is 5.97 Å². The highest BCUT2D eigenvalue weighted by molar-refractivity contribution is 6.06. The Hall–Kier alpha value is -3.08. The minimum Gasteiger partial charge on any atom is -0.478 e. The summed E-state index contributed by atoms with van der Waals surface area (Å²) in [6.07, 6.45) is 1.82. The third-order valence-electron chi connectivity index (χ3n) is 3.21. The highest BCUT2D eigenvalue weighted by atomic mass is 16.4. The fourth-order valence-corrected chi connectivity index (χ4v) is 2.09. The Bertz CT molecular complexity index is 819. The van der Waals surface area contributed by atoms with E-state index in [4.69, 9.17) is 5.11 Å². The predicted octanol–water partition coefficient (Wildman–Crippen LogP) is 3.12. The first-order valence-corrected chi connectivity index (χ1v) is 6.35. The lowest BCUT2D eigenvalue weighted by atomic mass is 10.1. The number of fused-ring (bicyclic) bond motifs is 1. The van der Waals surface area contributed by atoms with Crippen LogP contribution in [-0.4, -0.2) is 22.0 Å². The number of carbonyl (C=O) groups excluding carboxylic acids is 1. The van der Waals surface area contributed by atoms with E-state index in [1.807, 2.05) is 18.3 Å². The van der Waals surface area contributed by atoms with Crippen molar-refractivity contribution in [3.05, 3.63) is 65.9 Å². The number of H-pyrrole nitrogens is 1. The van der Waals surface area contributed by atoms with E-state index in [0.29, 0.717) is 11.3 Å². The number of amides is 1. The standard InChI is InChI=1S/C16H12N2O3/c19-15(12-2-1-10-7-8-17-14(10)9-12)18-13-5-3-11(4-6-13)16(20)21/h1-9,17H,(H,18,19)(H,20,21). The van der Waals surface area contributed by atoms with Gasteiger partial charge in [-0.3, -0.25) is 4.79 Å². The van der Waals surface area contributed by atoms with Crippen LogP contribution in [-0.2, 0) is 0 Å². The van der Waals surface area contributed by atoms with Gasteiger partial charge in [0, 0.05) is 23.0 Å². The lowest BCUT2D eigenvalue weighted by Crippen LogP contribution is -2.11. The van der Waals surface area contributed by atoms with Crippen LogP contribution in [0.25, 0.3) is 10.9 Å². The number of aromatic nitrogens is 1. The molecule has 5 heteroatoms. The number of hydrogen-bond acceptors (Lipinski definition) is 2. The fourth-order valence-electron chi connectivity index (χ4n) is 2.09. The van der Waals surface area contributed by atoms with E-state index in [1.54, 1.807) is 24.3 Å². The third kappa shape index (κ3) is 2.62. The molecule has 0 aliphatic carbocycles. The molecule has 0 bridgehead atoms. The summed E-state index contributed by atoms with van der Waals surface area (Å²) in [6, 6.07) is 13.4. The van der Waals surface area contributed by atoms with Crippen molar-refractivity contribution in [3.63, 3.8) is 0 Å². The number of hydrogen-bond donors (Lipinski definition) is 3. The van der Waals surface area contributed by atoms with Gasteiger partial charge in [-0.2, -0.15) is 0 Å². The molecule has 0 saturated carbocycles. The summed E-state index contributed by atoms with van der Waals surface area (Å²) in [5.74, 6) is -1.24. The molecule has 3 aromatic rings. The Morgan fingerprint density at radius 1 is 0.952 bits per heavy atom. The first-order valence-electron chi connectivity index (χ1n) is 6.35.